The molecule has 2 atom stereocenters. The summed E-state index contributed by atoms with van der Waals surface area (Å²) in [7, 11) is -4.10. The SMILES string of the molecule is N=C(N)c1ccc(CC(NC(=O)[C@H](CCCCNC(=O)COCCOCCSCC(=O)NCCOCCO)NS(=O)(=O)c2ccccc2)C(=O)N2CCCCC2)cc1. The fourth-order valence-electron chi connectivity index (χ4n) is 5.86. The zero-order chi connectivity index (χ0) is 42.0. The third kappa shape index (κ3) is 19.1. The predicted molar refractivity (Wildman–Crippen MR) is 221 cm³/mol. The van der Waals surface area contributed by atoms with E-state index in [4.69, 9.17) is 30.5 Å². The number of carbonyl (C=O) groups is 4. The molecule has 3 rings (SSSR count). The molecule has 0 spiro atoms. The zero-order valence-corrected chi connectivity index (χ0v) is 34.6. The van der Waals surface area contributed by atoms with Crippen LogP contribution < -0.4 is 26.4 Å². The van der Waals surface area contributed by atoms with Crippen LogP contribution in [0.15, 0.2) is 59.5 Å². The van der Waals surface area contributed by atoms with E-state index in [9.17, 15) is 27.6 Å². The van der Waals surface area contributed by atoms with Crippen LogP contribution in [0.5, 0.6) is 0 Å². The van der Waals surface area contributed by atoms with Crippen LogP contribution >= 0.6 is 11.8 Å². The molecule has 0 radical (unpaired) electrons. The van der Waals surface area contributed by atoms with Crippen molar-refractivity contribution in [2.45, 2.75) is 61.9 Å². The van der Waals surface area contributed by atoms with Gasteiger partial charge in [-0.1, -0.05) is 42.5 Å². The lowest BCUT2D eigenvalue weighted by Gasteiger charge is -2.31. The quantitative estimate of drug-likeness (QED) is 0.0337. The molecule has 1 heterocycles. The van der Waals surface area contributed by atoms with Gasteiger partial charge in [-0.15, -0.1) is 11.8 Å². The summed E-state index contributed by atoms with van der Waals surface area (Å²) in [5, 5.41) is 24.7. The number of piperidine rings is 1. The first-order valence-electron chi connectivity index (χ1n) is 19.5. The van der Waals surface area contributed by atoms with Crippen molar-refractivity contribution in [3.05, 3.63) is 65.7 Å². The Morgan fingerprint density at radius 3 is 2.22 bits per heavy atom. The van der Waals surface area contributed by atoms with Crippen molar-refractivity contribution in [3.8, 4) is 0 Å². The van der Waals surface area contributed by atoms with Crippen LogP contribution in [0.4, 0.5) is 0 Å². The topological polar surface area (TPSA) is 252 Å². The van der Waals surface area contributed by atoms with Crippen LogP contribution in [0.2, 0.25) is 0 Å². The minimum Gasteiger partial charge on any atom is -0.394 e. The normalized spacial score (nSPS) is 14.0. The molecule has 0 aromatic heterocycles. The van der Waals surface area contributed by atoms with Gasteiger partial charge in [-0.2, -0.15) is 4.72 Å². The van der Waals surface area contributed by atoms with Gasteiger partial charge in [-0.3, -0.25) is 24.6 Å². The van der Waals surface area contributed by atoms with Crippen LogP contribution in [0.3, 0.4) is 0 Å². The van der Waals surface area contributed by atoms with Gasteiger partial charge in [-0.25, -0.2) is 8.42 Å². The number of nitrogens with two attached hydrogens (primary N) is 1. The second kappa shape index (κ2) is 27.6. The number of unbranched alkanes of at least 4 members (excludes halogenated alkanes) is 1. The lowest BCUT2D eigenvalue weighted by atomic mass is 10.0. The lowest BCUT2D eigenvalue weighted by molar-refractivity contribution is -0.137. The molecule has 19 heteroatoms. The predicted octanol–water partition coefficient (Wildman–Crippen LogP) is 0.536. The molecule has 2 aromatic carbocycles. The summed E-state index contributed by atoms with van der Waals surface area (Å²) < 4.78 is 45.2. The second-order valence-corrected chi connectivity index (χ2v) is 16.3. The number of amidine groups is 1. The number of amides is 4. The smallest absolute Gasteiger partial charge is 0.245 e. The van der Waals surface area contributed by atoms with Gasteiger partial charge in [0.15, 0.2) is 0 Å². The monoisotopic (exact) mass is 849 g/mol. The average Bonchev–Trinajstić information content (AvgIpc) is 3.22. The third-order valence-corrected chi connectivity index (χ3v) is 11.3. The van der Waals surface area contributed by atoms with Crippen molar-refractivity contribution in [2.75, 3.05) is 83.9 Å². The van der Waals surface area contributed by atoms with E-state index in [1.54, 1.807) is 47.4 Å². The number of nitrogens with zero attached hydrogens (tertiary/aromatic N) is 1. The Labute approximate surface area is 345 Å². The maximum Gasteiger partial charge on any atom is 0.245 e. The van der Waals surface area contributed by atoms with Crippen LogP contribution in [0, 0.1) is 5.41 Å². The summed E-state index contributed by atoms with van der Waals surface area (Å²) in [6, 6.07) is 12.4. The second-order valence-electron chi connectivity index (χ2n) is 13.5. The number of benzene rings is 2. The number of ether oxygens (including phenoxy) is 3. The number of nitrogen functional groups attached to an aromatic ring is 1. The maximum atomic E-state index is 13.9. The highest BCUT2D eigenvalue weighted by molar-refractivity contribution is 7.99. The largest absolute Gasteiger partial charge is 0.394 e. The molecule has 0 aliphatic carbocycles. The number of rotatable bonds is 29. The van der Waals surface area contributed by atoms with Crippen molar-refractivity contribution in [1.82, 2.24) is 25.6 Å². The highest BCUT2D eigenvalue weighted by atomic mass is 32.2. The maximum absolute atomic E-state index is 13.9. The zero-order valence-electron chi connectivity index (χ0n) is 33.0. The molecule has 2 aromatic rings. The number of nitrogens with one attached hydrogen (secondary N) is 5. The van der Waals surface area contributed by atoms with Crippen molar-refractivity contribution in [2.24, 2.45) is 5.73 Å². The average molecular weight is 850 g/mol. The standard InChI is InChI=1S/C39H59N7O10S2/c40-37(41)31-14-12-30(13-15-31)27-34(39(51)46-18-7-2-8-19-46)44-38(50)33(45-58(52,53)32-9-3-1-4-10-32)11-5-6-16-42-35(48)28-56-24-23-55-25-26-57-29-36(49)43-17-21-54-22-20-47/h1,3-4,9-10,12-15,33-34,45,47H,2,5-8,11,16-29H2,(H3,40,41)(H,42,48)(H,43,49)(H,44,50)/t33-,34?/m0/s1. The third-order valence-electron chi connectivity index (χ3n) is 8.91. The summed E-state index contributed by atoms with van der Waals surface area (Å²) >= 11 is 1.42. The van der Waals surface area contributed by atoms with Gasteiger partial charge in [0.25, 0.3) is 0 Å². The molecule has 322 valence electrons. The van der Waals surface area contributed by atoms with E-state index in [1.807, 2.05) is 0 Å². The molecular formula is C39H59N7O10S2. The molecule has 1 fully saturated rings. The van der Waals surface area contributed by atoms with E-state index >= 15 is 0 Å². The van der Waals surface area contributed by atoms with E-state index in [-0.39, 0.29) is 86.6 Å². The number of likely N-dealkylation sites (tertiary alicyclic amines) is 1. The fourth-order valence-corrected chi connectivity index (χ4v) is 7.78. The summed E-state index contributed by atoms with van der Waals surface area (Å²) in [5.41, 5.74) is 6.87. The van der Waals surface area contributed by atoms with Crippen molar-refractivity contribution in [3.63, 3.8) is 0 Å². The molecule has 0 bridgehead atoms. The Morgan fingerprint density at radius 2 is 1.52 bits per heavy atom. The van der Waals surface area contributed by atoms with Gasteiger partial charge < -0.3 is 45.9 Å². The highest BCUT2D eigenvalue weighted by Crippen LogP contribution is 2.16. The number of aliphatic hydroxyl groups is 1. The van der Waals surface area contributed by atoms with E-state index in [0.717, 1.165) is 24.8 Å². The fraction of sp³-hybridized carbons (Fsp3) is 0.564. The van der Waals surface area contributed by atoms with Gasteiger partial charge >= 0.3 is 0 Å². The highest BCUT2D eigenvalue weighted by Gasteiger charge is 2.32. The summed E-state index contributed by atoms with van der Waals surface area (Å²) in [5.74, 6) is -0.530. The summed E-state index contributed by atoms with van der Waals surface area (Å²) in [6.07, 6.45) is 3.79. The Kier molecular flexibility index (Phi) is 22.9. The Morgan fingerprint density at radius 1 is 0.828 bits per heavy atom. The van der Waals surface area contributed by atoms with Crippen LogP contribution in [-0.2, 0) is 49.8 Å². The molecule has 0 saturated carbocycles. The summed E-state index contributed by atoms with van der Waals surface area (Å²) in [6.45, 7) is 3.03. The number of thioether (sulfide) groups is 1. The first kappa shape index (κ1) is 48.3. The summed E-state index contributed by atoms with van der Waals surface area (Å²) in [4.78, 5) is 53.5. The Balaban J connectivity index is 1.46. The number of aliphatic hydroxyl groups excluding tert-OH is 1. The molecular weight excluding hydrogens is 791 g/mol. The van der Waals surface area contributed by atoms with Crippen molar-refractivity contribution in [1.29, 1.82) is 5.41 Å². The van der Waals surface area contributed by atoms with E-state index < -0.39 is 28.0 Å². The molecule has 8 N–H and O–H groups in total. The van der Waals surface area contributed by atoms with Crippen LogP contribution in [0.25, 0.3) is 0 Å². The Bertz CT molecular complexity index is 1660. The van der Waals surface area contributed by atoms with Gasteiger partial charge in [0, 0.05) is 43.9 Å². The number of hydrogen-bond donors (Lipinski definition) is 7. The minimum absolute atomic E-state index is 0.00553. The number of carbonyl (C=O) groups excluding carboxylic acids is 4. The van der Waals surface area contributed by atoms with Gasteiger partial charge in [-0.05, 0) is 56.2 Å². The van der Waals surface area contributed by atoms with Crippen LogP contribution in [0.1, 0.15) is 49.7 Å². The van der Waals surface area contributed by atoms with E-state index in [1.165, 1.54) is 23.9 Å². The van der Waals surface area contributed by atoms with E-state index in [0.29, 0.717) is 57.0 Å². The molecule has 58 heavy (non-hydrogen) atoms. The molecule has 17 nitrogen and oxygen atoms in total. The first-order chi connectivity index (χ1) is 28.0. The molecule has 1 aliphatic rings. The van der Waals surface area contributed by atoms with Crippen molar-refractivity contribution < 1.29 is 46.9 Å². The van der Waals surface area contributed by atoms with Crippen molar-refractivity contribution >= 4 is 51.2 Å². The Hall–Kier alpha value is -4.11. The number of hydrogen-bond acceptors (Lipinski definition) is 12. The lowest BCUT2D eigenvalue weighted by Crippen LogP contribution is -2.55. The van der Waals surface area contributed by atoms with Gasteiger partial charge in [0.1, 0.15) is 24.5 Å². The van der Waals surface area contributed by atoms with Gasteiger partial charge in [0.2, 0.25) is 33.7 Å². The molecule has 1 unspecified atom stereocenters. The van der Waals surface area contributed by atoms with Gasteiger partial charge in [0.05, 0.1) is 50.3 Å². The minimum atomic E-state index is -4.10. The molecule has 1 saturated heterocycles. The first-order valence-corrected chi connectivity index (χ1v) is 22.2. The van der Waals surface area contributed by atoms with Crippen LogP contribution in [-0.4, -0.2) is 144 Å². The molecule has 4 amide bonds. The number of sulfonamides is 1. The van der Waals surface area contributed by atoms with E-state index in [2.05, 4.69) is 20.7 Å². The molecule has 1 aliphatic heterocycles.